The molecule has 0 spiro atoms. The summed E-state index contributed by atoms with van der Waals surface area (Å²) in [5.74, 6) is 0.561. The molecule has 0 aliphatic rings. The summed E-state index contributed by atoms with van der Waals surface area (Å²) >= 11 is 3.27. The first-order chi connectivity index (χ1) is 8.44. The standard InChI is InChI=1S/C12H13BrFN3O/c1-12(2,6-15)11-16-10(17-18-11)8-4-3-7(14)5-9(8)13/h3-5H,6,15H2,1-2H3. The fourth-order valence-corrected chi connectivity index (χ4v) is 1.89. The fourth-order valence-electron chi connectivity index (χ4n) is 1.37. The third kappa shape index (κ3) is 2.44. The SMILES string of the molecule is CC(C)(CN)c1nc(-c2ccc(F)cc2Br)no1. The molecule has 0 aliphatic heterocycles. The van der Waals surface area contributed by atoms with Gasteiger partial charge in [-0.25, -0.2) is 4.39 Å². The van der Waals surface area contributed by atoms with E-state index in [0.717, 1.165) is 0 Å². The second kappa shape index (κ2) is 4.78. The molecule has 0 radical (unpaired) electrons. The van der Waals surface area contributed by atoms with Crippen LogP contribution in [-0.2, 0) is 5.41 Å². The minimum absolute atomic E-state index is 0.323. The molecule has 0 saturated heterocycles. The van der Waals surface area contributed by atoms with E-state index < -0.39 is 0 Å². The largest absolute Gasteiger partial charge is 0.338 e. The van der Waals surface area contributed by atoms with Crippen LogP contribution >= 0.6 is 15.9 Å². The Morgan fingerprint density at radius 3 is 2.78 bits per heavy atom. The Morgan fingerprint density at radius 1 is 1.44 bits per heavy atom. The van der Waals surface area contributed by atoms with E-state index in [9.17, 15) is 4.39 Å². The van der Waals surface area contributed by atoms with Gasteiger partial charge in [-0.05, 0) is 48.0 Å². The van der Waals surface area contributed by atoms with Crippen LogP contribution < -0.4 is 5.73 Å². The Morgan fingerprint density at radius 2 is 2.17 bits per heavy atom. The zero-order chi connectivity index (χ0) is 13.3. The first kappa shape index (κ1) is 13.2. The highest BCUT2D eigenvalue weighted by molar-refractivity contribution is 9.10. The van der Waals surface area contributed by atoms with E-state index in [0.29, 0.717) is 28.3 Å². The Labute approximate surface area is 113 Å². The summed E-state index contributed by atoms with van der Waals surface area (Å²) in [6.45, 7) is 4.24. The zero-order valence-corrected chi connectivity index (χ0v) is 11.7. The molecule has 2 aromatic rings. The zero-order valence-electron chi connectivity index (χ0n) is 10.1. The molecule has 2 N–H and O–H groups in total. The molecule has 0 unspecified atom stereocenters. The van der Waals surface area contributed by atoms with Crippen LogP contribution in [-0.4, -0.2) is 16.7 Å². The summed E-state index contributed by atoms with van der Waals surface area (Å²) in [7, 11) is 0. The van der Waals surface area contributed by atoms with Gasteiger partial charge >= 0.3 is 0 Å². The number of nitrogens with two attached hydrogens (primary N) is 1. The Bertz CT molecular complexity index is 568. The van der Waals surface area contributed by atoms with Crippen molar-refractivity contribution >= 4 is 15.9 Å². The van der Waals surface area contributed by atoms with Gasteiger partial charge in [-0.2, -0.15) is 4.98 Å². The van der Waals surface area contributed by atoms with Crippen molar-refractivity contribution < 1.29 is 8.91 Å². The second-order valence-corrected chi connectivity index (χ2v) is 5.49. The predicted octanol–water partition coefficient (Wildman–Crippen LogP) is 2.87. The molecule has 96 valence electrons. The number of nitrogens with zero attached hydrogens (tertiary/aromatic N) is 2. The quantitative estimate of drug-likeness (QED) is 0.946. The molecule has 0 bridgehead atoms. The summed E-state index contributed by atoms with van der Waals surface area (Å²) in [4.78, 5) is 4.30. The molecule has 18 heavy (non-hydrogen) atoms. The minimum Gasteiger partial charge on any atom is -0.338 e. The van der Waals surface area contributed by atoms with Gasteiger partial charge in [0, 0.05) is 16.6 Å². The summed E-state index contributed by atoms with van der Waals surface area (Å²) in [6.07, 6.45) is 0. The number of hydrogen-bond acceptors (Lipinski definition) is 4. The van der Waals surface area contributed by atoms with Crippen molar-refractivity contribution in [3.05, 3.63) is 34.4 Å². The highest BCUT2D eigenvalue weighted by Crippen LogP contribution is 2.29. The molecule has 1 aromatic carbocycles. The van der Waals surface area contributed by atoms with Crippen LogP contribution in [0.1, 0.15) is 19.7 Å². The van der Waals surface area contributed by atoms with Gasteiger partial charge in [0.2, 0.25) is 11.7 Å². The molecule has 6 heteroatoms. The molecule has 0 aliphatic carbocycles. The average molecular weight is 314 g/mol. The van der Waals surface area contributed by atoms with Crippen LogP contribution in [0.25, 0.3) is 11.4 Å². The van der Waals surface area contributed by atoms with Gasteiger partial charge in [0.25, 0.3) is 0 Å². The number of aromatic nitrogens is 2. The topological polar surface area (TPSA) is 64.9 Å². The van der Waals surface area contributed by atoms with Crippen LogP contribution in [0.3, 0.4) is 0 Å². The first-order valence-corrected chi connectivity index (χ1v) is 6.23. The highest BCUT2D eigenvalue weighted by atomic mass is 79.9. The molecular weight excluding hydrogens is 301 g/mol. The predicted molar refractivity (Wildman–Crippen MR) is 69.5 cm³/mol. The molecule has 0 atom stereocenters. The van der Waals surface area contributed by atoms with E-state index in [1.54, 1.807) is 6.07 Å². The first-order valence-electron chi connectivity index (χ1n) is 5.44. The molecule has 1 aromatic heterocycles. The lowest BCUT2D eigenvalue weighted by Gasteiger charge is -2.15. The van der Waals surface area contributed by atoms with Crippen LogP contribution in [0.4, 0.5) is 4.39 Å². The number of benzene rings is 1. The molecule has 2 rings (SSSR count). The monoisotopic (exact) mass is 313 g/mol. The van der Waals surface area contributed by atoms with E-state index >= 15 is 0 Å². The van der Waals surface area contributed by atoms with Crippen molar-refractivity contribution in [2.45, 2.75) is 19.3 Å². The van der Waals surface area contributed by atoms with Gasteiger partial charge in [-0.15, -0.1) is 0 Å². The Hall–Kier alpha value is -1.27. The lowest BCUT2D eigenvalue weighted by Crippen LogP contribution is -2.28. The molecule has 4 nitrogen and oxygen atoms in total. The van der Waals surface area contributed by atoms with E-state index in [2.05, 4.69) is 26.1 Å². The minimum atomic E-state index is -0.377. The van der Waals surface area contributed by atoms with Gasteiger partial charge in [0.05, 0.1) is 5.41 Å². The van der Waals surface area contributed by atoms with Gasteiger partial charge in [-0.1, -0.05) is 5.16 Å². The van der Waals surface area contributed by atoms with Crippen molar-refractivity contribution in [1.82, 2.24) is 10.1 Å². The molecule has 1 heterocycles. The lowest BCUT2D eigenvalue weighted by atomic mass is 9.94. The van der Waals surface area contributed by atoms with Crippen LogP contribution in [0.2, 0.25) is 0 Å². The summed E-state index contributed by atoms with van der Waals surface area (Å²) < 4.78 is 18.8. The smallest absolute Gasteiger partial charge is 0.233 e. The maximum absolute atomic E-state index is 13.0. The third-order valence-corrected chi connectivity index (χ3v) is 3.34. The van der Waals surface area contributed by atoms with E-state index in [1.807, 2.05) is 13.8 Å². The summed E-state index contributed by atoms with van der Waals surface area (Å²) in [6, 6.07) is 4.31. The third-order valence-electron chi connectivity index (χ3n) is 2.69. The Balaban J connectivity index is 2.41. The second-order valence-electron chi connectivity index (χ2n) is 4.64. The maximum atomic E-state index is 13.0. The maximum Gasteiger partial charge on any atom is 0.233 e. The fraction of sp³-hybridized carbons (Fsp3) is 0.333. The highest BCUT2D eigenvalue weighted by Gasteiger charge is 2.26. The van der Waals surface area contributed by atoms with Crippen LogP contribution in [0.15, 0.2) is 27.2 Å². The van der Waals surface area contributed by atoms with E-state index in [-0.39, 0.29) is 11.2 Å². The molecule has 0 fully saturated rings. The number of hydrogen-bond donors (Lipinski definition) is 1. The van der Waals surface area contributed by atoms with Crippen molar-refractivity contribution in [3.63, 3.8) is 0 Å². The van der Waals surface area contributed by atoms with Gasteiger partial charge < -0.3 is 10.3 Å². The summed E-state index contributed by atoms with van der Waals surface area (Å²) in [5, 5.41) is 3.90. The molecule has 0 saturated carbocycles. The average Bonchev–Trinajstić information content (AvgIpc) is 2.79. The lowest BCUT2D eigenvalue weighted by molar-refractivity contribution is 0.311. The van der Waals surface area contributed by atoms with Crippen LogP contribution in [0, 0.1) is 5.82 Å². The van der Waals surface area contributed by atoms with Crippen molar-refractivity contribution in [1.29, 1.82) is 0 Å². The van der Waals surface area contributed by atoms with Crippen molar-refractivity contribution in [2.75, 3.05) is 6.54 Å². The van der Waals surface area contributed by atoms with Crippen LogP contribution in [0.5, 0.6) is 0 Å². The molecule has 0 amide bonds. The molecular formula is C12H13BrFN3O. The van der Waals surface area contributed by atoms with Crippen molar-refractivity contribution in [3.8, 4) is 11.4 Å². The van der Waals surface area contributed by atoms with E-state index in [1.165, 1.54) is 12.1 Å². The van der Waals surface area contributed by atoms with Crippen molar-refractivity contribution in [2.24, 2.45) is 5.73 Å². The van der Waals surface area contributed by atoms with Gasteiger partial charge in [0.1, 0.15) is 5.82 Å². The number of halogens is 2. The number of rotatable bonds is 3. The normalized spacial score (nSPS) is 11.8. The van der Waals surface area contributed by atoms with Gasteiger partial charge in [0.15, 0.2) is 0 Å². The Kier molecular flexibility index (Phi) is 3.49. The summed E-state index contributed by atoms with van der Waals surface area (Å²) in [5.41, 5.74) is 5.95. The van der Waals surface area contributed by atoms with E-state index in [4.69, 9.17) is 10.3 Å². The van der Waals surface area contributed by atoms with Gasteiger partial charge in [-0.3, -0.25) is 0 Å².